The van der Waals surface area contributed by atoms with Gasteiger partial charge in [0.25, 0.3) is 0 Å². The van der Waals surface area contributed by atoms with E-state index in [-0.39, 0.29) is 0 Å². The molecule has 9 heavy (non-hydrogen) atoms. The van der Waals surface area contributed by atoms with Crippen LogP contribution in [0.5, 0.6) is 0 Å². The van der Waals surface area contributed by atoms with Gasteiger partial charge in [0.1, 0.15) is 0 Å². The Kier molecular flexibility index (Phi) is 2.49. The molecule has 2 heteroatoms. The average Bonchev–Trinajstić information content (AvgIpc) is 1.90. The quantitative estimate of drug-likeness (QED) is 0.558. The van der Waals surface area contributed by atoms with Gasteiger partial charge in [-0.25, -0.2) is 0 Å². The summed E-state index contributed by atoms with van der Waals surface area (Å²) in [4.78, 5) is 0. The molecular formula is C7H14NO. The van der Waals surface area contributed by atoms with E-state index >= 15 is 0 Å². The zero-order chi connectivity index (χ0) is 6.69. The third-order valence-electron chi connectivity index (χ3n) is 1.57. The minimum Gasteiger partial charge on any atom is -0.375 e. The summed E-state index contributed by atoms with van der Waals surface area (Å²) in [6.07, 6.45) is 0.360. The van der Waals surface area contributed by atoms with Crippen LogP contribution in [0.3, 0.4) is 0 Å². The van der Waals surface area contributed by atoms with Crippen LogP contribution in [-0.4, -0.2) is 25.8 Å². The smallest absolute Gasteiger partial charge is 0.0756 e. The maximum Gasteiger partial charge on any atom is 0.0756 e. The molecule has 1 fully saturated rings. The largest absolute Gasteiger partial charge is 0.375 e. The normalized spacial score (nSPS) is 29.0. The van der Waals surface area contributed by atoms with Crippen LogP contribution >= 0.6 is 0 Å². The SMILES string of the molecule is C[C](C)C1CNCCO1. The molecule has 53 valence electrons. The van der Waals surface area contributed by atoms with Gasteiger partial charge in [0.15, 0.2) is 0 Å². The Morgan fingerprint density at radius 2 is 2.33 bits per heavy atom. The Balaban J connectivity index is 2.23. The highest BCUT2D eigenvalue weighted by atomic mass is 16.5. The van der Waals surface area contributed by atoms with Crippen LogP contribution in [0.1, 0.15) is 13.8 Å². The van der Waals surface area contributed by atoms with Crippen molar-refractivity contribution in [1.82, 2.24) is 5.32 Å². The molecule has 0 spiro atoms. The van der Waals surface area contributed by atoms with E-state index in [1.54, 1.807) is 0 Å². The lowest BCUT2D eigenvalue weighted by Gasteiger charge is -2.25. The molecule has 1 unspecified atom stereocenters. The summed E-state index contributed by atoms with van der Waals surface area (Å²) in [5.74, 6) is 1.36. The third kappa shape index (κ3) is 1.95. The van der Waals surface area contributed by atoms with Crippen LogP contribution in [0.15, 0.2) is 0 Å². The zero-order valence-electron chi connectivity index (χ0n) is 6.11. The Morgan fingerprint density at radius 3 is 2.67 bits per heavy atom. The van der Waals surface area contributed by atoms with Gasteiger partial charge in [-0.1, -0.05) is 13.8 Å². The first-order valence-electron chi connectivity index (χ1n) is 3.43. The summed E-state index contributed by atoms with van der Waals surface area (Å²) in [5.41, 5.74) is 0. The average molecular weight is 128 g/mol. The highest BCUT2D eigenvalue weighted by Crippen LogP contribution is 2.09. The van der Waals surface area contributed by atoms with Crippen LogP contribution in [0.4, 0.5) is 0 Å². The maximum absolute atomic E-state index is 5.44. The van der Waals surface area contributed by atoms with Crippen molar-refractivity contribution >= 4 is 0 Å². The van der Waals surface area contributed by atoms with E-state index in [1.807, 2.05) is 0 Å². The number of morpholine rings is 1. The summed E-state index contributed by atoms with van der Waals surface area (Å²) < 4.78 is 5.44. The van der Waals surface area contributed by atoms with Gasteiger partial charge in [0.05, 0.1) is 12.7 Å². The zero-order valence-corrected chi connectivity index (χ0v) is 6.11. The van der Waals surface area contributed by atoms with Crippen molar-refractivity contribution in [2.75, 3.05) is 19.7 Å². The second kappa shape index (κ2) is 3.18. The Morgan fingerprint density at radius 1 is 1.56 bits per heavy atom. The van der Waals surface area contributed by atoms with Crippen molar-refractivity contribution in [3.05, 3.63) is 5.92 Å². The van der Waals surface area contributed by atoms with E-state index in [0.717, 1.165) is 19.7 Å². The lowest BCUT2D eigenvalue weighted by atomic mass is 10.1. The van der Waals surface area contributed by atoms with Gasteiger partial charge in [0.2, 0.25) is 0 Å². The van der Waals surface area contributed by atoms with Crippen LogP contribution in [-0.2, 0) is 4.74 Å². The minimum absolute atomic E-state index is 0.360. The molecule has 0 aromatic carbocycles. The fraction of sp³-hybridized carbons (Fsp3) is 0.857. The van der Waals surface area contributed by atoms with Crippen molar-refractivity contribution in [3.8, 4) is 0 Å². The fourth-order valence-electron chi connectivity index (χ4n) is 0.936. The molecule has 0 aromatic rings. The molecule has 1 aliphatic rings. The third-order valence-corrected chi connectivity index (χ3v) is 1.57. The van der Waals surface area contributed by atoms with Gasteiger partial charge < -0.3 is 10.1 Å². The molecule has 0 bridgehead atoms. The molecular weight excluding hydrogens is 114 g/mol. The molecule has 0 saturated carbocycles. The summed E-state index contributed by atoms with van der Waals surface area (Å²) in [6.45, 7) is 7.07. The Hall–Kier alpha value is -0.0800. The lowest BCUT2D eigenvalue weighted by molar-refractivity contribution is 0.0388. The predicted molar refractivity (Wildman–Crippen MR) is 37.2 cm³/mol. The van der Waals surface area contributed by atoms with Gasteiger partial charge in [-0.2, -0.15) is 0 Å². The van der Waals surface area contributed by atoms with E-state index in [4.69, 9.17) is 4.74 Å². The number of hydrogen-bond acceptors (Lipinski definition) is 2. The molecule has 0 aliphatic carbocycles. The molecule has 1 saturated heterocycles. The Labute approximate surface area is 56.6 Å². The molecule has 0 aromatic heterocycles. The van der Waals surface area contributed by atoms with E-state index < -0.39 is 0 Å². The lowest BCUT2D eigenvalue weighted by Crippen LogP contribution is -2.40. The summed E-state index contributed by atoms with van der Waals surface area (Å²) in [6, 6.07) is 0. The van der Waals surface area contributed by atoms with Gasteiger partial charge in [-0.05, 0) is 5.92 Å². The molecule has 2 nitrogen and oxygen atoms in total. The molecule has 0 amide bonds. The number of hydrogen-bond donors (Lipinski definition) is 1. The molecule has 1 aliphatic heterocycles. The molecule has 1 rings (SSSR count). The Bertz CT molecular complexity index is 77.0. The topological polar surface area (TPSA) is 21.3 Å². The summed E-state index contributed by atoms with van der Waals surface area (Å²) >= 11 is 0. The van der Waals surface area contributed by atoms with Crippen LogP contribution in [0.2, 0.25) is 0 Å². The monoisotopic (exact) mass is 128 g/mol. The standard InChI is InChI=1S/C7H14NO/c1-6(2)7-5-8-3-4-9-7/h7-8H,3-5H2,1-2H3. The first-order valence-corrected chi connectivity index (χ1v) is 3.43. The molecule has 1 N–H and O–H groups in total. The highest BCUT2D eigenvalue weighted by molar-refractivity contribution is 4.91. The first kappa shape index (κ1) is 7.03. The summed E-state index contributed by atoms with van der Waals surface area (Å²) in [5, 5.41) is 3.27. The van der Waals surface area contributed by atoms with Crippen LogP contribution in [0, 0.1) is 5.92 Å². The van der Waals surface area contributed by atoms with Crippen LogP contribution in [0.25, 0.3) is 0 Å². The second-order valence-electron chi connectivity index (χ2n) is 2.64. The van der Waals surface area contributed by atoms with E-state index in [9.17, 15) is 0 Å². The van der Waals surface area contributed by atoms with Gasteiger partial charge in [-0.3, -0.25) is 0 Å². The number of ether oxygens (including phenoxy) is 1. The number of nitrogens with one attached hydrogen (secondary N) is 1. The second-order valence-corrected chi connectivity index (χ2v) is 2.64. The van der Waals surface area contributed by atoms with E-state index in [1.165, 1.54) is 5.92 Å². The van der Waals surface area contributed by atoms with E-state index in [0.29, 0.717) is 6.10 Å². The van der Waals surface area contributed by atoms with Crippen molar-refractivity contribution in [3.63, 3.8) is 0 Å². The van der Waals surface area contributed by atoms with Crippen molar-refractivity contribution in [1.29, 1.82) is 0 Å². The van der Waals surface area contributed by atoms with Crippen LogP contribution < -0.4 is 5.32 Å². The first-order chi connectivity index (χ1) is 4.30. The molecule has 1 heterocycles. The van der Waals surface area contributed by atoms with Crippen molar-refractivity contribution in [2.24, 2.45) is 0 Å². The van der Waals surface area contributed by atoms with Gasteiger partial charge in [0, 0.05) is 13.1 Å². The minimum atomic E-state index is 0.360. The molecule has 1 radical (unpaired) electrons. The maximum atomic E-state index is 5.44. The fourth-order valence-corrected chi connectivity index (χ4v) is 0.936. The van der Waals surface area contributed by atoms with E-state index in [2.05, 4.69) is 19.2 Å². The molecule has 1 atom stereocenters. The highest BCUT2D eigenvalue weighted by Gasteiger charge is 2.16. The van der Waals surface area contributed by atoms with Crippen molar-refractivity contribution < 1.29 is 4.74 Å². The van der Waals surface area contributed by atoms with Gasteiger partial charge >= 0.3 is 0 Å². The number of rotatable bonds is 1. The van der Waals surface area contributed by atoms with Gasteiger partial charge in [-0.15, -0.1) is 0 Å². The summed E-state index contributed by atoms with van der Waals surface area (Å²) in [7, 11) is 0. The van der Waals surface area contributed by atoms with Crippen molar-refractivity contribution in [2.45, 2.75) is 20.0 Å². The predicted octanol–water partition coefficient (Wildman–Crippen LogP) is 0.589.